The number of nitrogens with one attached hydrogen (secondary N) is 1. The van der Waals surface area contributed by atoms with Gasteiger partial charge in [-0.25, -0.2) is 0 Å². The van der Waals surface area contributed by atoms with Gasteiger partial charge in [-0.15, -0.1) is 11.6 Å². The summed E-state index contributed by atoms with van der Waals surface area (Å²) in [5.41, 5.74) is 2.73. The molecule has 0 fully saturated rings. The standard InChI is InChI=1S/C16H26ClN/c1-12(2)9-16(10-17)18-11-14-5-7-15(8-6-14)13(3)4/h5-8,12-13,16,18H,9-11H2,1-4H3. The first-order valence-corrected chi connectivity index (χ1v) is 7.44. The predicted molar refractivity (Wildman–Crippen MR) is 81.3 cm³/mol. The molecule has 0 aliphatic heterocycles. The van der Waals surface area contributed by atoms with Crippen LogP contribution in [0.15, 0.2) is 24.3 Å². The molecule has 1 aromatic rings. The molecule has 0 heterocycles. The summed E-state index contributed by atoms with van der Waals surface area (Å²) in [6.07, 6.45) is 1.13. The average Bonchev–Trinajstić information content (AvgIpc) is 2.34. The van der Waals surface area contributed by atoms with Crippen LogP contribution in [-0.4, -0.2) is 11.9 Å². The summed E-state index contributed by atoms with van der Waals surface area (Å²) in [6, 6.07) is 9.28. The van der Waals surface area contributed by atoms with E-state index in [1.165, 1.54) is 11.1 Å². The number of benzene rings is 1. The Bertz CT molecular complexity index is 329. The van der Waals surface area contributed by atoms with Crippen molar-refractivity contribution in [2.75, 3.05) is 5.88 Å². The van der Waals surface area contributed by atoms with E-state index >= 15 is 0 Å². The quantitative estimate of drug-likeness (QED) is 0.715. The van der Waals surface area contributed by atoms with E-state index in [9.17, 15) is 0 Å². The summed E-state index contributed by atoms with van der Waals surface area (Å²) in [4.78, 5) is 0. The molecule has 0 spiro atoms. The normalized spacial score (nSPS) is 13.3. The fourth-order valence-corrected chi connectivity index (χ4v) is 2.29. The fraction of sp³-hybridized carbons (Fsp3) is 0.625. The molecular weight excluding hydrogens is 242 g/mol. The first-order chi connectivity index (χ1) is 8.52. The first kappa shape index (κ1) is 15.5. The topological polar surface area (TPSA) is 12.0 Å². The largest absolute Gasteiger partial charge is 0.309 e. The van der Waals surface area contributed by atoms with Gasteiger partial charge in [-0.05, 0) is 29.4 Å². The Morgan fingerprint density at radius 2 is 1.67 bits per heavy atom. The second-order valence-electron chi connectivity index (χ2n) is 5.76. The number of hydrogen-bond donors (Lipinski definition) is 1. The first-order valence-electron chi connectivity index (χ1n) is 6.91. The molecule has 1 atom stereocenters. The van der Waals surface area contributed by atoms with Gasteiger partial charge in [0.1, 0.15) is 0 Å². The molecule has 0 radical (unpaired) electrons. The summed E-state index contributed by atoms with van der Waals surface area (Å²) in [7, 11) is 0. The van der Waals surface area contributed by atoms with E-state index in [4.69, 9.17) is 11.6 Å². The lowest BCUT2D eigenvalue weighted by Crippen LogP contribution is -2.31. The molecule has 1 rings (SSSR count). The Labute approximate surface area is 117 Å². The Morgan fingerprint density at radius 3 is 2.11 bits per heavy atom. The summed E-state index contributed by atoms with van der Waals surface area (Å²) < 4.78 is 0. The lowest BCUT2D eigenvalue weighted by Gasteiger charge is -2.18. The molecule has 0 aliphatic rings. The van der Waals surface area contributed by atoms with Crippen LogP contribution in [0.3, 0.4) is 0 Å². The van der Waals surface area contributed by atoms with Gasteiger partial charge in [0.15, 0.2) is 0 Å². The fourth-order valence-electron chi connectivity index (χ4n) is 2.05. The molecular formula is C16H26ClN. The minimum atomic E-state index is 0.413. The lowest BCUT2D eigenvalue weighted by molar-refractivity contribution is 0.445. The van der Waals surface area contributed by atoms with Crippen molar-refractivity contribution in [2.24, 2.45) is 5.92 Å². The van der Waals surface area contributed by atoms with Crippen molar-refractivity contribution >= 4 is 11.6 Å². The molecule has 0 amide bonds. The second-order valence-corrected chi connectivity index (χ2v) is 6.07. The molecule has 1 nitrogen and oxygen atoms in total. The Hall–Kier alpha value is -0.530. The number of halogens is 1. The highest BCUT2D eigenvalue weighted by Crippen LogP contribution is 2.15. The van der Waals surface area contributed by atoms with E-state index in [0.717, 1.165) is 13.0 Å². The van der Waals surface area contributed by atoms with Crippen LogP contribution in [0.4, 0.5) is 0 Å². The third-order valence-electron chi connectivity index (χ3n) is 3.18. The zero-order valence-corrected chi connectivity index (χ0v) is 12.8. The summed E-state index contributed by atoms with van der Waals surface area (Å²) in [5, 5.41) is 3.53. The van der Waals surface area contributed by atoms with Gasteiger partial charge < -0.3 is 5.32 Å². The Balaban J connectivity index is 2.47. The summed E-state index contributed by atoms with van der Waals surface area (Å²) in [6.45, 7) is 9.82. The van der Waals surface area contributed by atoms with Crippen LogP contribution in [0.2, 0.25) is 0 Å². The van der Waals surface area contributed by atoms with Crippen molar-refractivity contribution in [1.82, 2.24) is 5.32 Å². The molecule has 1 unspecified atom stereocenters. The molecule has 0 aromatic heterocycles. The van der Waals surface area contributed by atoms with Crippen LogP contribution in [-0.2, 0) is 6.54 Å². The molecule has 1 N–H and O–H groups in total. The monoisotopic (exact) mass is 267 g/mol. The molecule has 18 heavy (non-hydrogen) atoms. The highest BCUT2D eigenvalue weighted by molar-refractivity contribution is 6.18. The van der Waals surface area contributed by atoms with Crippen LogP contribution in [0.1, 0.15) is 51.2 Å². The van der Waals surface area contributed by atoms with Gasteiger partial charge in [0, 0.05) is 18.5 Å². The highest BCUT2D eigenvalue weighted by Gasteiger charge is 2.09. The summed E-state index contributed by atoms with van der Waals surface area (Å²) >= 11 is 5.98. The van der Waals surface area contributed by atoms with Crippen LogP contribution >= 0.6 is 11.6 Å². The van der Waals surface area contributed by atoms with Gasteiger partial charge in [-0.3, -0.25) is 0 Å². The van der Waals surface area contributed by atoms with E-state index in [0.29, 0.717) is 23.8 Å². The van der Waals surface area contributed by atoms with Crippen LogP contribution in [0.5, 0.6) is 0 Å². The molecule has 2 heteroatoms. The minimum absolute atomic E-state index is 0.413. The maximum absolute atomic E-state index is 5.98. The molecule has 0 saturated carbocycles. The van der Waals surface area contributed by atoms with E-state index in [1.807, 2.05) is 0 Å². The third kappa shape index (κ3) is 5.41. The molecule has 0 aliphatic carbocycles. The maximum atomic E-state index is 5.98. The van der Waals surface area contributed by atoms with E-state index in [2.05, 4.69) is 57.3 Å². The Morgan fingerprint density at radius 1 is 1.06 bits per heavy atom. The Kier molecular flexibility index (Phi) is 6.73. The van der Waals surface area contributed by atoms with Gasteiger partial charge >= 0.3 is 0 Å². The lowest BCUT2D eigenvalue weighted by atomic mass is 10.0. The second kappa shape index (κ2) is 7.81. The number of alkyl halides is 1. The van der Waals surface area contributed by atoms with Gasteiger partial charge in [-0.1, -0.05) is 52.0 Å². The van der Waals surface area contributed by atoms with E-state index < -0.39 is 0 Å². The van der Waals surface area contributed by atoms with Crippen molar-refractivity contribution in [1.29, 1.82) is 0 Å². The van der Waals surface area contributed by atoms with Crippen LogP contribution in [0.25, 0.3) is 0 Å². The minimum Gasteiger partial charge on any atom is -0.309 e. The van der Waals surface area contributed by atoms with Crippen LogP contribution < -0.4 is 5.32 Å². The van der Waals surface area contributed by atoms with E-state index in [1.54, 1.807) is 0 Å². The zero-order chi connectivity index (χ0) is 13.5. The molecule has 0 bridgehead atoms. The molecule has 102 valence electrons. The third-order valence-corrected chi connectivity index (χ3v) is 3.56. The molecule has 0 saturated heterocycles. The smallest absolute Gasteiger partial charge is 0.0377 e. The van der Waals surface area contributed by atoms with Crippen molar-refractivity contribution in [3.05, 3.63) is 35.4 Å². The SMILES string of the molecule is CC(C)CC(CCl)NCc1ccc(C(C)C)cc1. The van der Waals surface area contributed by atoms with Gasteiger partial charge in [0.25, 0.3) is 0 Å². The van der Waals surface area contributed by atoms with Crippen molar-refractivity contribution < 1.29 is 0 Å². The van der Waals surface area contributed by atoms with Crippen molar-refractivity contribution in [3.63, 3.8) is 0 Å². The van der Waals surface area contributed by atoms with Gasteiger partial charge in [0.05, 0.1) is 0 Å². The molecule has 1 aromatic carbocycles. The summed E-state index contributed by atoms with van der Waals surface area (Å²) in [5.74, 6) is 1.97. The highest BCUT2D eigenvalue weighted by atomic mass is 35.5. The van der Waals surface area contributed by atoms with Crippen molar-refractivity contribution in [3.8, 4) is 0 Å². The van der Waals surface area contributed by atoms with Gasteiger partial charge in [0.2, 0.25) is 0 Å². The van der Waals surface area contributed by atoms with Gasteiger partial charge in [-0.2, -0.15) is 0 Å². The van der Waals surface area contributed by atoms with E-state index in [-0.39, 0.29) is 0 Å². The number of rotatable bonds is 7. The maximum Gasteiger partial charge on any atom is 0.0377 e. The average molecular weight is 268 g/mol. The zero-order valence-electron chi connectivity index (χ0n) is 12.0. The van der Waals surface area contributed by atoms with Crippen molar-refractivity contribution in [2.45, 2.75) is 52.6 Å². The van der Waals surface area contributed by atoms with Crippen LogP contribution in [0, 0.1) is 5.92 Å². The predicted octanol–water partition coefficient (Wildman–Crippen LogP) is 4.55. The number of hydrogen-bond acceptors (Lipinski definition) is 1.